The van der Waals surface area contributed by atoms with Crippen LogP contribution in [0.2, 0.25) is 0 Å². The van der Waals surface area contributed by atoms with Gasteiger partial charge in [-0.05, 0) is 63.4 Å². The third-order valence-corrected chi connectivity index (χ3v) is 8.75. The summed E-state index contributed by atoms with van der Waals surface area (Å²) in [6, 6.07) is 56.4. The number of hydrogen-bond acceptors (Lipinski definition) is 4. The van der Waals surface area contributed by atoms with Crippen LogP contribution in [0.5, 0.6) is 0 Å². The molecule has 0 aliphatic carbocycles. The highest BCUT2D eigenvalue weighted by Crippen LogP contribution is 2.38. The van der Waals surface area contributed by atoms with E-state index in [2.05, 4.69) is 115 Å². The molecule has 0 aliphatic heterocycles. The van der Waals surface area contributed by atoms with E-state index in [0.717, 1.165) is 71.7 Å². The van der Waals surface area contributed by atoms with Crippen LogP contribution in [0, 0.1) is 0 Å². The molecule has 0 saturated carbocycles. The average molecular weight is 602 g/mol. The van der Waals surface area contributed by atoms with E-state index in [1.54, 1.807) is 0 Å². The first-order valence-electron chi connectivity index (χ1n) is 15.7. The van der Waals surface area contributed by atoms with Crippen molar-refractivity contribution in [3.05, 3.63) is 164 Å². The summed E-state index contributed by atoms with van der Waals surface area (Å²) >= 11 is 0. The predicted octanol–water partition coefficient (Wildman–Crippen LogP) is 11.3. The lowest BCUT2D eigenvalue weighted by molar-refractivity contribution is 0.669. The molecule has 0 N–H and O–H groups in total. The first-order valence-corrected chi connectivity index (χ1v) is 15.7. The Morgan fingerprint density at radius 2 is 0.851 bits per heavy atom. The third kappa shape index (κ3) is 4.84. The number of nitrogens with zero attached hydrogens (tertiary/aromatic N) is 3. The second-order valence-corrected chi connectivity index (χ2v) is 11.6. The van der Waals surface area contributed by atoms with Gasteiger partial charge in [0.1, 0.15) is 11.2 Å². The molecule has 9 aromatic rings. The number of furan rings is 1. The first-order chi connectivity index (χ1) is 23.3. The van der Waals surface area contributed by atoms with Gasteiger partial charge in [0.2, 0.25) is 0 Å². The molecule has 9 rings (SSSR count). The van der Waals surface area contributed by atoms with Crippen LogP contribution < -0.4 is 0 Å². The molecule has 7 aromatic carbocycles. The Hall–Kier alpha value is -6.39. The Balaban J connectivity index is 1.22. The second kappa shape index (κ2) is 11.2. The molecule has 2 aromatic heterocycles. The number of fused-ring (bicyclic) bond motifs is 4. The van der Waals surface area contributed by atoms with Gasteiger partial charge < -0.3 is 4.42 Å². The van der Waals surface area contributed by atoms with Crippen LogP contribution in [0.3, 0.4) is 0 Å². The van der Waals surface area contributed by atoms with Gasteiger partial charge in [-0.3, -0.25) is 0 Å². The maximum atomic E-state index is 6.11. The van der Waals surface area contributed by atoms with Gasteiger partial charge in [0.05, 0.1) is 0 Å². The minimum atomic E-state index is 0.636. The van der Waals surface area contributed by atoms with E-state index in [4.69, 9.17) is 19.4 Å². The van der Waals surface area contributed by atoms with Crippen molar-refractivity contribution in [2.75, 3.05) is 0 Å². The van der Waals surface area contributed by atoms with Gasteiger partial charge in [-0.2, -0.15) is 0 Å². The van der Waals surface area contributed by atoms with Crippen LogP contribution in [0.15, 0.2) is 168 Å². The van der Waals surface area contributed by atoms with Gasteiger partial charge >= 0.3 is 0 Å². The molecular formula is C43H27N3O. The summed E-state index contributed by atoms with van der Waals surface area (Å²) in [5.41, 5.74) is 9.16. The van der Waals surface area contributed by atoms with Crippen LogP contribution in [0.4, 0.5) is 0 Å². The Morgan fingerprint density at radius 1 is 0.298 bits per heavy atom. The van der Waals surface area contributed by atoms with Crippen LogP contribution in [0.1, 0.15) is 0 Å². The molecule has 0 bridgehead atoms. The van der Waals surface area contributed by atoms with Crippen molar-refractivity contribution in [1.29, 1.82) is 0 Å². The van der Waals surface area contributed by atoms with Crippen LogP contribution in [-0.2, 0) is 0 Å². The van der Waals surface area contributed by atoms with E-state index in [0.29, 0.717) is 17.5 Å². The molecule has 0 saturated heterocycles. The van der Waals surface area contributed by atoms with Gasteiger partial charge in [-0.1, -0.05) is 133 Å². The number of rotatable bonds is 5. The van der Waals surface area contributed by atoms with Gasteiger partial charge in [0.15, 0.2) is 17.5 Å². The fourth-order valence-electron chi connectivity index (χ4n) is 6.45. The fraction of sp³-hybridized carbons (Fsp3) is 0. The topological polar surface area (TPSA) is 51.8 Å². The zero-order chi connectivity index (χ0) is 31.2. The number of hydrogen-bond donors (Lipinski definition) is 0. The second-order valence-electron chi connectivity index (χ2n) is 11.6. The van der Waals surface area contributed by atoms with Crippen LogP contribution >= 0.6 is 0 Å². The largest absolute Gasteiger partial charge is 0.456 e. The number of benzene rings is 7. The molecular weight excluding hydrogens is 574 g/mol. The molecule has 47 heavy (non-hydrogen) atoms. The van der Waals surface area contributed by atoms with E-state index >= 15 is 0 Å². The van der Waals surface area contributed by atoms with E-state index < -0.39 is 0 Å². The molecule has 4 heteroatoms. The van der Waals surface area contributed by atoms with Crippen LogP contribution in [0.25, 0.3) is 89.1 Å². The highest BCUT2D eigenvalue weighted by molar-refractivity contribution is 6.09. The van der Waals surface area contributed by atoms with E-state index in [-0.39, 0.29) is 0 Å². The maximum Gasteiger partial charge on any atom is 0.164 e. The summed E-state index contributed by atoms with van der Waals surface area (Å²) in [6.45, 7) is 0. The molecule has 2 heterocycles. The highest BCUT2D eigenvalue weighted by atomic mass is 16.3. The monoisotopic (exact) mass is 601 g/mol. The van der Waals surface area contributed by atoms with E-state index in [1.165, 1.54) is 0 Å². The lowest BCUT2D eigenvalue weighted by atomic mass is 9.94. The maximum absolute atomic E-state index is 6.11. The fourth-order valence-corrected chi connectivity index (χ4v) is 6.45. The van der Waals surface area contributed by atoms with Crippen LogP contribution in [-0.4, -0.2) is 15.0 Å². The minimum Gasteiger partial charge on any atom is -0.456 e. The average Bonchev–Trinajstić information content (AvgIpc) is 3.53. The standard InChI is InChI=1S/C43H27N3O/c1-3-12-28(13-4-1)30-16-11-17-32(26-30)42-44-41(29-14-5-2-6-15-29)45-43(46-42)37-24-23-33(34-18-7-8-19-35(34)37)31-22-25-40-38(27-31)36-20-9-10-21-39(36)47-40/h1-27H. The minimum absolute atomic E-state index is 0.636. The predicted molar refractivity (Wildman–Crippen MR) is 192 cm³/mol. The molecule has 0 atom stereocenters. The summed E-state index contributed by atoms with van der Waals surface area (Å²) < 4.78 is 6.11. The SMILES string of the molecule is c1ccc(-c2cccc(-c3nc(-c4ccccc4)nc(-c4ccc(-c5ccc6oc7ccccc7c6c5)c5ccccc45)n3)c2)cc1. The molecule has 0 aliphatic rings. The molecule has 0 unspecified atom stereocenters. The summed E-state index contributed by atoms with van der Waals surface area (Å²) in [6.07, 6.45) is 0. The Bertz CT molecular complexity index is 2570. The highest BCUT2D eigenvalue weighted by Gasteiger charge is 2.17. The van der Waals surface area contributed by atoms with Crippen molar-refractivity contribution in [2.24, 2.45) is 0 Å². The quantitative estimate of drug-likeness (QED) is 0.197. The summed E-state index contributed by atoms with van der Waals surface area (Å²) in [7, 11) is 0. The molecule has 0 fully saturated rings. The number of para-hydroxylation sites is 1. The van der Waals surface area contributed by atoms with Gasteiger partial charge in [-0.25, -0.2) is 15.0 Å². The first kappa shape index (κ1) is 27.0. The van der Waals surface area contributed by atoms with E-state index in [9.17, 15) is 0 Å². The molecule has 0 spiro atoms. The molecule has 0 amide bonds. The Kier molecular flexibility index (Phi) is 6.43. The summed E-state index contributed by atoms with van der Waals surface area (Å²) in [5, 5.41) is 4.44. The Morgan fingerprint density at radius 3 is 1.64 bits per heavy atom. The third-order valence-electron chi connectivity index (χ3n) is 8.75. The van der Waals surface area contributed by atoms with Crippen molar-refractivity contribution in [3.8, 4) is 56.4 Å². The molecule has 4 nitrogen and oxygen atoms in total. The molecule has 220 valence electrons. The zero-order valence-electron chi connectivity index (χ0n) is 25.3. The zero-order valence-corrected chi connectivity index (χ0v) is 25.3. The van der Waals surface area contributed by atoms with Gasteiger partial charge in [0.25, 0.3) is 0 Å². The van der Waals surface area contributed by atoms with Crippen molar-refractivity contribution >= 4 is 32.7 Å². The van der Waals surface area contributed by atoms with Gasteiger partial charge in [0, 0.05) is 27.5 Å². The van der Waals surface area contributed by atoms with Crippen molar-refractivity contribution in [3.63, 3.8) is 0 Å². The Labute approximate surface area is 271 Å². The van der Waals surface area contributed by atoms with Crippen molar-refractivity contribution in [1.82, 2.24) is 15.0 Å². The normalized spacial score (nSPS) is 11.4. The van der Waals surface area contributed by atoms with Crippen molar-refractivity contribution < 1.29 is 4.42 Å². The van der Waals surface area contributed by atoms with E-state index in [1.807, 2.05) is 48.5 Å². The smallest absolute Gasteiger partial charge is 0.164 e. The van der Waals surface area contributed by atoms with Crippen molar-refractivity contribution in [2.45, 2.75) is 0 Å². The summed E-state index contributed by atoms with van der Waals surface area (Å²) in [5.74, 6) is 1.91. The lowest BCUT2D eigenvalue weighted by Crippen LogP contribution is -2.01. The summed E-state index contributed by atoms with van der Waals surface area (Å²) in [4.78, 5) is 15.2. The lowest BCUT2D eigenvalue weighted by Gasteiger charge is -2.13. The number of aromatic nitrogens is 3. The van der Waals surface area contributed by atoms with Gasteiger partial charge in [-0.15, -0.1) is 0 Å². The molecule has 0 radical (unpaired) electrons.